The first-order valence-electron chi connectivity index (χ1n) is 7.11. The van der Waals surface area contributed by atoms with Crippen molar-refractivity contribution in [2.24, 2.45) is 0 Å². The number of amides is 1. The van der Waals surface area contributed by atoms with E-state index in [1.54, 1.807) is 17.3 Å². The predicted octanol–water partition coefficient (Wildman–Crippen LogP) is 0.559. The second-order valence-corrected chi connectivity index (χ2v) is 5.12. The van der Waals surface area contributed by atoms with Crippen molar-refractivity contribution in [3.05, 3.63) is 12.4 Å². The summed E-state index contributed by atoms with van der Waals surface area (Å²) in [5.41, 5.74) is 0. The smallest absolute Gasteiger partial charge is 0.248 e. The van der Waals surface area contributed by atoms with Gasteiger partial charge in [-0.3, -0.25) is 9.78 Å². The highest BCUT2D eigenvalue weighted by Crippen LogP contribution is 2.18. The van der Waals surface area contributed by atoms with E-state index in [2.05, 4.69) is 9.97 Å². The van der Waals surface area contributed by atoms with E-state index in [1.807, 2.05) is 25.9 Å². The van der Waals surface area contributed by atoms with Crippen LogP contribution in [0.5, 0.6) is 5.88 Å². The lowest BCUT2D eigenvalue weighted by Crippen LogP contribution is -2.33. The van der Waals surface area contributed by atoms with Crippen molar-refractivity contribution in [2.75, 3.05) is 45.3 Å². The highest BCUT2D eigenvalue weighted by atomic mass is 16.5. The molecule has 1 atom stereocenters. The highest BCUT2D eigenvalue weighted by Gasteiger charge is 2.27. The minimum atomic E-state index is -0.0395. The van der Waals surface area contributed by atoms with Crippen LogP contribution in [0.25, 0.3) is 0 Å². The van der Waals surface area contributed by atoms with Crippen molar-refractivity contribution in [3.63, 3.8) is 0 Å². The van der Waals surface area contributed by atoms with E-state index in [-0.39, 0.29) is 18.6 Å². The average Bonchev–Trinajstić information content (AvgIpc) is 2.93. The zero-order valence-corrected chi connectivity index (χ0v) is 12.8. The number of carbonyl (C=O) groups is 1. The number of hydrogen-bond acceptors (Lipinski definition) is 6. The number of carbonyl (C=O) groups excluding carboxylic acids is 1. The predicted molar refractivity (Wildman–Crippen MR) is 78.5 cm³/mol. The lowest BCUT2D eigenvalue weighted by Gasteiger charge is -2.17. The van der Waals surface area contributed by atoms with Gasteiger partial charge in [-0.25, -0.2) is 0 Å². The van der Waals surface area contributed by atoms with Gasteiger partial charge in [-0.15, -0.1) is 0 Å². The van der Waals surface area contributed by atoms with E-state index >= 15 is 0 Å². The maximum atomic E-state index is 11.9. The first kappa shape index (κ1) is 15.5. The number of likely N-dealkylation sites (tertiary alicyclic amines) is 1. The Balaban J connectivity index is 1.87. The molecule has 0 radical (unpaired) electrons. The zero-order valence-electron chi connectivity index (χ0n) is 12.8. The molecule has 1 saturated heterocycles. The van der Waals surface area contributed by atoms with Gasteiger partial charge >= 0.3 is 0 Å². The fourth-order valence-electron chi connectivity index (χ4n) is 2.11. The minimum absolute atomic E-state index is 0.0103. The molecule has 0 bridgehead atoms. The summed E-state index contributed by atoms with van der Waals surface area (Å²) in [5, 5.41) is 0. The summed E-state index contributed by atoms with van der Waals surface area (Å²) in [4.78, 5) is 24.0. The molecule has 1 aliphatic heterocycles. The number of nitrogens with zero attached hydrogens (tertiary/aromatic N) is 4. The zero-order chi connectivity index (χ0) is 15.2. The third kappa shape index (κ3) is 4.29. The van der Waals surface area contributed by atoms with Crippen molar-refractivity contribution in [2.45, 2.75) is 19.4 Å². The van der Waals surface area contributed by atoms with Gasteiger partial charge in [0.05, 0.1) is 18.9 Å². The quantitative estimate of drug-likeness (QED) is 0.763. The van der Waals surface area contributed by atoms with Gasteiger partial charge < -0.3 is 19.3 Å². The standard InChI is InChI=1S/C14H22N4O3/c1-4-20-10-14(19)18-6-5-11(9-18)21-13-8-15-7-12(16-13)17(2)3/h7-8,11H,4-6,9-10H2,1-3H3/t11-/m0/s1. The minimum Gasteiger partial charge on any atom is -0.471 e. The number of hydrogen-bond donors (Lipinski definition) is 0. The van der Waals surface area contributed by atoms with E-state index < -0.39 is 0 Å². The number of ether oxygens (including phenoxy) is 2. The van der Waals surface area contributed by atoms with E-state index in [9.17, 15) is 4.79 Å². The van der Waals surface area contributed by atoms with Crippen LogP contribution in [-0.4, -0.2) is 67.3 Å². The molecule has 21 heavy (non-hydrogen) atoms. The summed E-state index contributed by atoms with van der Waals surface area (Å²) in [5.74, 6) is 1.25. The molecular weight excluding hydrogens is 272 g/mol. The molecule has 1 amide bonds. The molecule has 116 valence electrons. The van der Waals surface area contributed by atoms with Crippen LogP contribution in [0.4, 0.5) is 5.82 Å². The summed E-state index contributed by atoms with van der Waals surface area (Å²) in [6.07, 6.45) is 4.03. The van der Waals surface area contributed by atoms with Crippen LogP contribution in [0.15, 0.2) is 12.4 Å². The molecule has 0 N–H and O–H groups in total. The van der Waals surface area contributed by atoms with Gasteiger partial charge in [-0.1, -0.05) is 0 Å². The molecule has 1 fully saturated rings. The Kier molecular flexibility index (Phi) is 5.32. The van der Waals surface area contributed by atoms with Crippen LogP contribution in [0.1, 0.15) is 13.3 Å². The lowest BCUT2D eigenvalue weighted by molar-refractivity contribution is -0.135. The van der Waals surface area contributed by atoms with E-state index in [0.717, 1.165) is 12.2 Å². The Labute approximate surface area is 124 Å². The fraction of sp³-hybridized carbons (Fsp3) is 0.643. The average molecular weight is 294 g/mol. The van der Waals surface area contributed by atoms with E-state index in [1.165, 1.54) is 0 Å². The SMILES string of the molecule is CCOCC(=O)N1CC[C@H](Oc2cncc(N(C)C)n2)C1. The van der Waals surface area contributed by atoms with Gasteiger partial charge in [0.1, 0.15) is 12.7 Å². The van der Waals surface area contributed by atoms with Crippen LogP contribution in [0.2, 0.25) is 0 Å². The Bertz CT molecular complexity index is 481. The Morgan fingerprint density at radius 3 is 3.00 bits per heavy atom. The van der Waals surface area contributed by atoms with Gasteiger partial charge in [-0.2, -0.15) is 4.98 Å². The van der Waals surface area contributed by atoms with Gasteiger partial charge in [0, 0.05) is 33.7 Å². The molecule has 0 aromatic carbocycles. The molecule has 2 rings (SSSR count). The number of aromatic nitrogens is 2. The Hall–Kier alpha value is -1.89. The number of rotatable bonds is 6. The highest BCUT2D eigenvalue weighted by molar-refractivity contribution is 5.77. The summed E-state index contributed by atoms with van der Waals surface area (Å²) in [7, 11) is 3.80. The van der Waals surface area contributed by atoms with Crippen molar-refractivity contribution in [1.29, 1.82) is 0 Å². The molecule has 2 heterocycles. The molecule has 7 nitrogen and oxygen atoms in total. The molecule has 0 saturated carbocycles. The monoisotopic (exact) mass is 294 g/mol. The molecule has 1 aromatic rings. The first-order valence-corrected chi connectivity index (χ1v) is 7.11. The Morgan fingerprint density at radius 2 is 2.29 bits per heavy atom. The lowest BCUT2D eigenvalue weighted by atomic mass is 10.3. The van der Waals surface area contributed by atoms with Crippen molar-refractivity contribution >= 4 is 11.7 Å². The van der Waals surface area contributed by atoms with Crippen LogP contribution in [-0.2, 0) is 9.53 Å². The molecule has 1 aliphatic rings. The van der Waals surface area contributed by atoms with Crippen LogP contribution in [0, 0.1) is 0 Å². The summed E-state index contributed by atoms with van der Waals surface area (Å²) < 4.78 is 11.0. The third-order valence-electron chi connectivity index (χ3n) is 3.27. The van der Waals surface area contributed by atoms with E-state index in [4.69, 9.17) is 9.47 Å². The van der Waals surface area contributed by atoms with Crippen LogP contribution < -0.4 is 9.64 Å². The molecule has 0 unspecified atom stereocenters. The molecule has 1 aromatic heterocycles. The van der Waals surface area contributed by atoms with Crippen molar-refractivity contribution in [3.8, 4) is 5.88 Å². The van der Waals surface area contributed by atoms with E-state index in [0.29, 0.717) is 25.6 Å². The first-order chi connectivity index (χ1) is 10.1. The summed E-state index contributed by atoms with van der Waals surface area (Å²) in [6, 6.07) is 0. The van der Waals surface area contributed by atoms with Gasteiger partial charge in [-0.05, 0) is 6.92 Å². The number of anilines is 1. The molecular formula is C14H22N4O3. The molecule has 0 spiro atoms. The van der Waals surface area contributed by atoms with Crippen molar-refractivity contribution in [1.82, 2.24) is 14.9 Å². The Morgan fingerprint density at radius 1 is 1.48 bits per heavy atom. The maximum Gasteiger partial charge on any atom is 0.248 e. The summed E-state index contributed by atoms with van der Waals surface area (Å²) >= 11 is 0. The normalized spacial score (nSPS) is 17.9. The van der Waals surface area contributed by atoms with Crippen LogP contribution >= 0.6 is 0 Å². The molecule has 7 heteroatoms. The van der Waals surface area contributed by atoms with Gasteiger partial charge in [0.2, 0.25) is 11.8 Å². The largest absolute Gasteiger partial charge is 0.471 e. The van der Waals surface area contributed by atoms with Gasteiger partial charge in [0.25, 0.3) is 0 Å². The van der Waals surface area contributed by atoms with Crippen molar-refractivity contribution < 1.29 is 14.3 Å². The third-order valence-corrected chi connectivity index (χ3v) is 3.27. The van der Waals surface area contributed by atoms with Gasteiger partial charge in [0.15, 0.2) is 5.82 Å². The molecule has 0 aliphatic carbocycles. The fourth-order valence-corrected chi connectivity index (χ4v) is 2.11. The summed E-state index contributed by atoms with van der Waals surface area (Å²) in [6.45, 7) is 3.82. The maximum absolute atomic E-state index is 11.9. The topological polar surface area (TPSA) is 67.8 Å². The second-order valence-electron chi connectivity index (χ2n) is 5.12. The second kappa shape index (κ2) is 7.21. The van der Waals surface area contributed by atoms with Crippen LogP contribution in [0.3, 0.4) is 0 Å².